The molecule has 0 amide bonds. The summed E-state index contributed by atoms with van der Waals surface area (Å²) >= 11 is 0. The molecule has 0 bridgehead atoms. The molecule has 2 rings (SSSR count). The van der Waals surface area contributed by atoms with Crippen molar-refractivity contribution in [3.63, 3.8) is 0 Å². The second-order valence-electron chi connectivity index (χ2n) is 2.87. The molecule has 0 atom stereocenters. The van der Waals surface area contributed by atoms with Gasteiger partial charge in [0.05, 0.1) is 5.56 Å². The van der Waals surface area contributed by atoms with Gasteiger partial charge in [-0.05, 0) is 22.9 Å². The van der Waals surface area contributed by atoms with Gasteiger partial charge in [0.1, 0.15) is 0 Å². The van der Waals surface area contributed by atoms with E-state index in [0.717, 1.165) is 10.8 Å². The molecule has 1 N–H and O–H groups in total. The zero-order chi connectivity index (χ0) is 9.26. The Labute approximate surface area is 112 Å². The van der Waals surface area contributed by atoms with Crippen molar-refractivity contribution in [3.05, 3.63) is 48.0 Å². The second-order valence-corrected chi connectivity index (χ2v) is 2.87. The predicted octanol–water partition coefficient (Wildman–Crippen LogP) is 2.16. The largest absolute Gasteiger partial charge is 0.478 e. The van der Waals surface area contributed by atoms with Crippen molar-refractivity contribution in [1.29, 1.82) is 0 Å². The molecular formula is C11H8CaO2. The number of carbonyl (C=O) groups is 1. The van der Waals surface area contributed by atoms with Crippen molar-refractivity contribution in [1.82, 2.24) is 0 Å². The topological polar surface area (TPSA) is 37.3 Å². The Morgan fingerprint density at radius 2 is 1.64 bits per heavy atom. The van der Waals surface area contributed by atoms with Gasteiger partial charge in [0.2, 0.25) is 0 Å². The molecule has 3 heteroatoms. The summed E-state index contributed by atoms with van der Waals surface area (Å²) < 4.78 is 0. The van der Waals surface area contributed by atoms with Crippen LogP contribution < -0.4 is 0 Å². The molecule has 0 aliphatic heterocycles. The Hall–Kier alpha value is -0.570. The van der Waals surface area contributed by atoms with E-state index in [0.29, 0.717) is 5.56 Å². The van der Waals surface area contributed by atoms with Gasteiger partial charge >= 0.3 is 5.97 Å². The average Bonchev–Trinajstić information content (AvgIpc) is 2.17. The maximum Gasteiger partial charge on any atom is 0.335 e. The number of fused-ring (bicyclic) bond motifs is 1. The first-order valence-corrected chi connectivity index (χ1v) is 3.99. The Balaban J connectivity index is 0.000000980. The second kappa shape index (κ2) is 4.78. The molecule has 0 aromatic heterocycles. The van der Waals surface area contributed by atoms with Crippen LogP contribution >= 0.6 is 0 Å². The summed E-state index contributed by atoms with van der Waals surface area (Å²) in [6.45, 7) is 0. The normalized spacial score (nSPS) is 9.43. The van der Waals surface area contributed by atoms with Crippen LogP contribution in [0.1, 0.15) is 10.4 Å². The first-order valence-electron chi connectivity index (χ1n) is 3.99. The maximum atomic E-state index is 10.6. The summed E-state index contributed by atoms with van der Waals surface area (Å²) in [5.41, 5.74) is 0.332. The molecule has 14 heavy (non-hydrogen) atoms. The monoisotopic (exact) mass is 212 g/mol. The Morgan fingerprint density at radius 1 is 1.00 bits per heavy atom. The molecule has 2 radical (unpaired) electrons. The number of benzene rings is 2. The zero-order valence-electron chi connectivity index (χ0n) is 7.60. The van der Waals surface area contributed by atoms with Crippen LogP contribution in [0.25, 0.3) is 10.8 Å². The van der Waals surface area contributed by atoms with Crippen LogP contribution in [0.2, 0.25) is 0 Å². The molecule has 0 heterocycles. The van der Waals surface area contributed by atoms with E-state index in [-0.39, 0.29) is 37.7 Å². The predicted molar refractivity (Wildman–Crippen MR) is 56.7 cm³/mol. The van der Waals surface area contributed by atoms with Crippen molar-refractivity contribution in [2.24, 2.45) is 0 Å². The van der Waals surface area contributed by atoms with Gasteiger partial charge in [-0.15, -0.1) is 0 Å². The van der Waals surface area contributed by atoms with Crippen LogP contribution in [0.15, 0.2) is 42.5 Å². The van der Waals surface area contributed by atoms with Crippen molar-refractivity contribution in [2.45, 2.75) is 0 Å². The third-order valence-electron chi connectivity index (χ3n) is 2.00. The van der Waals surface area contributed by atoms with Gasteiger partial charge in [-0.3, -0.25) is 0 Å². The Morgan fingerprint density at radius 3 is 2.29 bits per heavy atom. The Bertz CT molecular complexity index is 466. The van der Waals surface area contributed by atoms with Crippen molar-refractivity contribution < 1.29 is 9.90 Å². The first kappa shape index (κ1) is 11.5. The van der Waals surface area contributed by atoms with Gasteiger partial charge in [0.15, 0.2) is 0 Å². The molecule has 0 unspecified atom stereocenters. The minimum atomic E-state index is -0.884. The molecule has 2 aromatic rings. The van der Waals surface area contributed by atoms with E-state index < -0.39 is 5.97 Å². The molecule has 0 saturated carbocycles. The van der Waals surface area contributed by atoms with Gasteiger partial charge in [-0.2, -0.15) is 0 Å². The smallest absolute Gasteiger partial charge is 0.335 e. The third kappa shape index (κ3) is 2.26. The van der Waals surface area contributed by atoms with Gasteiger partial charge in [0, 0.05) is 37.7 Å². The van der Waals surface area contributed by atoms with E-state index in [4.69, 9.17) is 5.11 Å². The van der Waals surface area contributed by atoms with Crippen LogP contribution in [0, 0.1) is 0 Å². The summed E-state index contributed by atoms with van der Waals surface area (Å²) in [5.74, 6) is -0.884. The summed E-state index contributed by atoms with van der Waals surface area (Å²) in [6, 6.07) is 12.8. The zero-order valence-corrected chi connectivity index (χ0v) is 9.81. The fraction of sp³-hybridized carbons (Fsp3) is 0. The molecular weight excluding hydrogens is 204 g/mol. The fourth-order valence-corrected chi connectivity index (χ4v) is 1.32. The van der Waals surface area contributed by atoms with E-state index >= 15 is 0 Å². The van der Waals surface area contributed by atoms with E-state index in [1.807, 2.05) is 30.3 Å². The van der Waals surface area contributed by atoms with Crippen molar-refractivity contribution in [3.8, 4) is 0 Å². The third-order valence-corrected chi connectivity index (χ3v) is 2.00. The quantitative estimate of drug-likeness (QED) is 0.735. The molecule has 2 nitrogen and oxygen atoms in total. The van der Waals surface area contributed by atoms with Crippen molar-refractivity contribution in [2.75, 3.05) is 0 Å². The molecule has 0 saturated heterocycles. The summed E-state index contributed by atoms with van der Waals surface area (Å²) in [4.78, 5) is 10.6. The van der Waals surface area contributed by atoms with Crippen LogP contribution in [0.4, 0.5) is 0 Å². The van der Waals surface area contributed by atoms with Crippen molar-refractivity contribution >= 4 is 54.5 Å². The molecule has 66 valence electrons. The standard InChI is InChI=1S/C11H8O2.Ca/c12-11(13)10-6-5-8-3-1-2-4-9(8)7-10;/h1-7H,(H,12,13);. The summed E-state index contributed by atoms with van der Waals surface area (Å²) in [5, 5.41) is 10.8. The SMILES string of the molecule is O=C(O)c1ccc2ccccc2c1.[Ca]. The number of rotatable bonds is 1. The number of hydrogen-bond donors (Lipinski definition) is 1. The van der Waals surface area contributed by atoms with E-state index in [2.05, 4.69) is 0 Å². The Kier molecular flexibility index (Phi) is 3.93. The van der Waals surface area contributed by atoms with Gasteiger partial charge in [-0.25, -0.2) is 4.79 Å². The van der Waals surface area contributed by atoms with E-state index in [9.17, 15) is 4.79 Å². The maximum absolute atomic E-state index is 10.6. The first-order chi connectivity index (χ1) is 6.27. The minimum Gasteiger partial charge on any atom is -0.478 e. The van der Waals surface area contributed by atoms with E-state index in [1.54, 1.807) is 12.1 Å². The molecule has 0 aliphatic rings. The van der Waals surface area contributed by atoms with Crippen LogP contribution in [0.5, 0.6) is 0 Å². The number of carboxylic acid groups (broad SMARTS) is 1. The van der Waals surface area contributed by atoms with Crippen LogP contribution in [-0.2, 0) is 0 Å². The number of aromatic carboxylic acids is 1. The summed E-state index contributed by atoms with van der Waals surface area (Å²) in [7, 11) is 0. The van der Waals surface area contributed by atoms with E-state index in [1.165, 1.54) is 0 Å². The average molecular weight is 212 g/mol. The molecule has 2 aromatic carbocycles. The van der Waals surface area contributed by atoms with Crippen LogP contribution in [0.3, 0.4) is 0 Å². The minimum absolute atomic E-state index is 0. The van der Waals surface area contributed by atoms with Gasteiger partial charge in [-0.1, -0.05) is 30.3 Å². The van der Waals surface area contributed by atoms with Gasteiger partial charge in [0.25, 0.3) is 0 Å². The van der Waals surface area contributed by atoms with Gasteiger partial charge < -0.3 is 5.11 Å². The fourth-order valence-electron chi connectivity index (χ4n) is 1.32. The molecule has 0 aliphatic carbocycles. The number of carboxylic acids is 1. The molecule has 0 spiro atoms. The number of hydrogen-bond acceptors (Lipinski definition) is 1. The van der Waals surface area contributed by atoms with Crippen LogP contribution in [-0.4, -0.2) is 48.8 Å². The summed E-state index contributed by atoms with van der Waals surface area (Å²) in [6.07, 6.45) is 0. The molecule has 0 fully saturated rings.